The summed E-state index contributed by atoms with van der Waals surface area (Å²) in [5, 5.41) is 2.77. The summed E-state index contributed by atoms with van der Waals surface area (Å²) in [4.78, 5) is 26.2. The molecular weight excluding hydrogens is 268 g/mol. The van der Waals surface area contributed by atoms with Crippen LogP contribution < -0.4 is 10.2 Å². The Morgan fingerprint density at radius 1 is 1.19 bits per heavy atom. The van der Waals surface area contributed by atoms with Gasteiger partial charge in [0.25, 0.3) is 5.91 Å². The summed E-state index contributed by atoms with van der Waals surface area (Å²) in [6, 6.07) is 7.28. The fourth-order valence-corrected chi connectivity index (χ4v) is 2.66. The molecule has 1 aliphatic heterocycles. The fraction of sp³-hybridized carbons (Fsp3) is 0.250. The molecular formula is C16H16N2O3. The van der Waals surface area contributed by atoms with Crippen molar-refractivity contribution in [3.63, 3.8) is 0 Å². The van der Waals surface area contributed by atoms with E-state index in [1.807, 2.05) is 32.0 Å². The topological polar surface area (TPSA) is 62.6 Å². The second-order valence-electron chi connectivity index (χ2n) is 5.17. The van der Waals surface area contributed by atoms with Crippen LogP contribution in [-0.4, -0.2) is 18.4 Å². The monoisotopic (exact) mass is 284 g/mol. The molecule has 1 N–H and O–H groups in total. The van der Waals surface area contributed by atoms with Crippen LogP contribution >= 0.6 is 0 Å². The van der Waals surface area contributed by atoms with Gasteiger partial charge >= 0.3 is 0 Å². The third-order valence-corrected chi connectivity index (χ3v) is 3.79. The minimum atomic E-state index is -0.204. The number of nitrogens with one attached hydrogen (secondary N) is 1. The van der Waals surface area contributed by atoms with Crippen molar-refractivity contribution in [2.24, 2.45) is 0 Å². The molecule has 2 heterocycles. The van der Waals surface area contributed by atoms with E-state index in [0.29, 0.717) is 22.7 Å². The zero-order chi connectivity index (χ0) is 15.1. The number of nitrogens with zero attached hydrogens (tertiary/aromatic N) is 1. The number of anilines is 2. The van der Waals surface area contributed by atoms with E-state index < -0.39 is 0 Å². The number of hydrogen-bond donors (Lipinski definition) is 1. The summed E-state index contributed by atoms with van der Waals surface area (Å²) in [5.74, 6) is 0.908. The van der Waals surface area contributed by atoms with Gasteiger partial charge in [0.2, 0.25) is 5.91 Å². The molecule has 0 bridgehead atoms. The molecule has 0 spiro atoms. The SMILES string of the molecule is Cc1oc(C)c(C(=O)N2CC(=O)Nc3ccccc32)c1C. The minimum absolute atomic E-state index is 0.0129. The van der Waals surface area contributed by atoms with E-state index in [9.17, 15) is 9.59 Å². The Labute approximate surface area is 122 Å². The quantitative estimate of drug-likeness (QED) is 0.875. The van der Waals surface area contributed by atoms with Crippen molar-refractivity contribution in [1.82, 2.24) is 0 Å². The number of hydrogen-bond acceptors (Lipinski definition) is 3. The summed E-state index contributed by atoms with van der Waals surface area (Å²) in [6.45, 7) is 5.47. The normalized spacial score (nSPS) is 13.9. The summed E-state index contributed by atoms with van der Waals surface area (Å²) in [7, 11) is 0. The average Bonchev–Trinajstić information content (AvgIpc) is 2.70. The predicted octanol–water partition coefficient (Wildman–Crippen LogP) is 2.80. The van der Waals surface area contributed by atoms with E-state index in [1.165, 1.54) is 4.90 Å². The van der Waals surface area contributed by atoms with Crippen molar-refractivity contribution in [3.05, 3.63) is 46.9 Å². The minimum Gasteiger partial charge on any atom is -0.466 e. The largest absolute Gasteiger partial charge is 0.466 e. The lowest BCUT2D eigenvalue weighted by Crippen LogP contribution is -2.42. The lowest BCUT2D eigenvalue weighted by Gasteiger charge is -2.29. The molecule has 0 aliphatic carbocycles. The molecule has 0 fully saturated rings. The predicted molar refractivity (Wildman–Crippen MR) is 79.7 cm³/mol. The number of para-hydroxylation sites is 2. The first kappa shape index (κ1) is 13.4. The molecule has 0 atom stereocenters. The summed E-state index contributed by atoms with van der Waals surface area (Å²) >= 11 is 0. The second-order valence-corrected chi connectivity index (χ2v) is 5.17. The van der Waals surface area contributed by atoms with E-state index in [4.69, 9.17) is 4.42 Å². The van der Waals surface area contributed by atoms with Gasteiger partial charge < -0.3 is 9.73 Å². The van der Waals surface area contributed by atoms with Gasteiger partial charge in [-0.2, -0.15) is 0 Å². The molecule has 0 saturated heterocycles. The maximum absolute atomic E-state index is 12.8. The van der Waals surface area contributed by atoms with Gasteiger partial charge in [-0.15, -0.1) is 0 Å². The molecule has 1 aromatic carbocycles. The van der Waals surface area contributed by atoms with Gasteiger partial charge in [0.15, 0.2) is 0 Å². The molecule has 0 radical (unpaired) electrons. The standard InChI is InChI=1S/C16H16N2O3/c1-9-10(2)21-11(3)15(9)16(20)18-8-14(19)17-12-6-4-5-7-13(12)18/h4-7H,8H2,1-3H3,(H,17,19). The van der Waals surface area contributed by atoms with Crippen LogP contribution in [0, 0.1) is 20.8 Å². The van der Waals surface area contributed by atoms with E-state index in [2.05, 4.69) is 5.32 Å². The molecule has 108 valence electrons. The van der Waals surface area contributed by atoms with E-state index in [-0.39, 0.29) is 18.4 Å². The Bertz CT molecular complexity index is 746. The highest BCUT2D eigenvalue weighted by atomic mass is 16.3. The first-order valence-corrected chi connectivity index (χ1v) is 6.76. The van der Waals surface area contributed by atoms with Crippen molar-refractivity contribution in [2.75, 3.05) is 16.8 Å². The van der Waals surface area contributed by atoms with Gasteiger partial charge in [0.1, 0.15) is 18.1 Å². The van der Waals surface area contributed by atoms with Crippen LogP contribution in [0.5, 0.6) is 0 Å². The van der Waals surface area contributed by atoms with E-state index >= 15 is 0 Å². The fourth-order valence-electron chi connectivity index (χ4n) is 2.66. The lowest BCUT2D eigenvalue weighted by atomic mass is 10.1. The highest BCUT2D eigenvalue weighted by Crippen LogP contribution is 2.32. The Balaban J connectivity index is 2.08. The smallest absolute Gasteiger partial charge is 0.262 e. The van der Waals surface area contributed by atoms with Gasteiger partial charge in [-0.3, -0.25) is 14.5 Å². The highest BCUT2D eigenvalue weighted by molar-refractivity contribution is 6.16. The number of rotatable bonds is 1. The average molecular weight is 284 g/mol. The first-order valence-electron chi connectivity index (χ1n) is 6.76. The molecule has 0 saturated carbocycles. The van der Waals surface area contributed by atoms with Gasteiger partial charge in [-0.1, -0.05) is 12.1 Å². The van der Waals surface area contributed by atoms with Crippen LogP contribution in [0.1, 0.15) is 27.4 Å². The zero-order valence-corrected chi connectivity index (χ0v) is 12.2. The third-order valence-electron chi connectivity index (χ3n) is 3.79. The van der Waals surface area contributed by atoms with Gasteiger partial charge in [-0.25, -0.2) is 0 Å². The molecule has 1 aliphatic rings. The first-order chi connectivity index (χ1) is 9.99. The molecule has 0 unspecified atom stereocenters. The summed E-state index contributed by atoms with van der Waals surface area (Å²) in [6.07, 6.45) is 0. The van der Waals surface area contributed by atoms with Gasteiger partial charge in [0, 0.05) is 5.56 Å². The Hall–Kier alpha value is -2.56. The molecule has 1 aromatic heterocycles. The molecule has 2 amide bonds. The van der Waals surface area contributed by atoms with Crippen LogP contribution in [0.3, 0.4) is 0 Å². The maximum Gasteiger partial charge on any atom is 0.262 e. The van der Waals surface area contributed by atoms with Gasteiger partial charge in [0.05, 0.1) is 16.9 Å². The van der Waals surface area contributed by atoms with Crippen molar-refractivity contribution >= 4 is 23.2 Å². The number of carbonyl (C=O) groups is 2. The zero-order valence-electron chi connectivity index (χ0n) is 12.2. The Morgan fingerprint density at radius 2 is 1.90 bits per heavy atom. The maximum atomic E-state index is 12.8. The van der Waals surface area contributed by atoms with Crippen molar-refractivity contribution in [3.8, 4) is 0 Å². The number of fused-ring (bicyclic) bond motifs is 1. The third kappa shape index (κ3) is 2.11. The van der Waals surface area contributed by atoms with Crippen LogP contribution in [-0.2, 0) is 4.79 Å². The van der Waals surface area contributed by atoms with Crippen LogP contribution in [0.4, 0.5) is 11.4 Å². The molecule has 5 nitrogen and oxygen atoms in total. The van der Waals surface area contributed by atoms with Crippen LogP contribution in [0.15, 0.2) is 28.7 Å². The number of furan rings is 1. The number of carbonyl (C=O) groups excluding carboxylic acids is 2. The number of amides is 2. The Morgan fingerprint density at radius 3 is 2.57 bits per heavy atom. The molecule has 5 heteroatoms. The molecule has 2 aromatic rings. The number of benzene rings is 1. The van der Waals surface area contributed by atoms with Crippen LogP contribution in [0.25, 0.3) is 0 Å². The van der Waals surface area contributed by atoms with E-state index in [0.717, 1.165) is 11.3 Å². The van der Waals surface area contributed by atoms with Gasteiger partial charge in [-0.05, 0) is 32.9 Å². The highest BCUT2D eigenvalue weighted by Gasteiger charge is 2.30. The van der Waals surface area contributed by atoms with Crippen molar-refractivity contribution in [1.29, 1.82) is 0 Å². The van der Waals surface area contributed by atoms with Crippen molar-refractivity contribution in [2.45, 2.75) is 20.8 Å². The number of aryl methyl sites for hydroxylation is 2. The lowest BCUT2D eigenvalue weighted by molar-refractivity contribution is -0.115. The molecule has 21 heavy (non-hydrogen) atoms. The summed E-state index contributed by atoms with van der Waals surface area (Å²) < 4.78 is 5.52. The van der Waals surface area contributed by atoms with Crippen molar-refractivity contribution < 1.29 is 14.0 Å². The van der Waals surface area contributed by atoms with E-state index in [1.54, 1.807) is 13.0 Å². The summed E-state index contributed by atoms with van der Waals surface area (Å²) in [5.41, 5.74) is 2.72. The Kier molecular flexibility index (Phi) is 3.05. The second kappa shape index (κ2) is 4.77. The van der Waals surface area contributed by atoms with Crippen LogP contribution in [0.2, 0.25) is 0 Å². The molecule has 3 rings (SSSR count).